The highest BCUT2D eigenvalue weighted by Crippen LogP contribution is 2.23. The van der Waals surface area contributed by atoms with Gasteiger partial charge in [0, 0.05) is 12.8 Å². The monoisotopic (exact) mass is 828 g/mol. The number of aliphatic hydroxyl groups excluding tert-OH is 6. The van der Waals surface area contributed by atoms with E-state index in [0.717, 1.165) is 44.9 Å². The summed E-state index contributed by atoms with van der Waals surface area (Å²) in [6, 6.07) is -0.901. The van der Waals surface area contributed by atoms with E-state index in [1.807, 2.05) is 0 Å². The molecule has 8 atom stereocenters. The van der Waals surface area contributed by atoms with Crippen molar-refractivity contribution in [1.29, 1.82) is 0 Å². The number of ether oxygens (including phenoxy) is 2. The Labute approximate surface area is 355 Å². The van der Waals surface area contributed by atoms with E-state index in [0.29, 0.717) is 12.8 Å². The van der Waals surface area contributed by atoms with Crippen molar-refractivity contribution in [2.45, 2.75) is 275 Å². The summed E-state index contributed by atoms with van der Waals surface area (Å²) in [7, 11) is 0. The Morgan fingerprint density at radius 1 is 0.603 bits per heavy atom. The number of aliphatic hydroxyl groups is 6. The fourth-order valence-electron chi connectivity index (χ4n) is 7.96. The molecule has 58 heavy (non-hydrogen) atoms. The average Bonchev–Trinajstić information content (AvgIpc) is 3.21. The zero-order chi connectivity index (χ0) is 42.5. The van der Waals surface area contributed by atoms with Crippen LogP contribution in [0.4, 0.5) is 0 Å². The van der Waals surface area contributed by atoms with Gasteiger partial charge < -0.3 is 45.4 Å². The molecule has 7 N–H and O–H groups in total. The summed E-state index contributed by atoms with van der Waals surface area (Å²) in [6.07, 6.45) is 33.6. The topological polar surface area (TPSA) is 169 Å². The van der Waals surface area contributed by atoms with Gasteiger partial charge in [-0.05, 0) is 38.5 Å². The predicted molar refractivity (Wildman–Crippen MR) is 237 cm³/mol. The molecule has 344 valence electrons. The van der Waals surface area contributed by atoms with Gasteiger partial charge in [-0.15, -0.1) is 0 Å². The third-order valence-electron chi connectivity index (χ3n) is 11.9. The van der Waals surface area contributed by atoms with Crippen LogP contribution in [0.15, 0.2) is 12.2 Å². The van der Waals surface area contributed by atoms with Crippen LogP contribution >= 0.6 is 0 Å². The van der Waals surface area contributed by atoms with Crippen molar-refractivity contribution < 1.29 is 44.9 Å². The van der Waals surface area contributed by atoms with E-state index in [4.69, 9.17) is 9.47 Å². The molecule has 1 saturated heterocycles. The number of unbranched alkanes of at least 4 members (excludes halogenated alkanes) is 27. The Morgan fingerprint density at radius 3 is 1.50 bits per heavy atom. The lowest BCUT2D eigenvalue weighted by atomic mass is 9.99. The van der Waals surface area contributed by atoms with Gasteiger partial charge in [0.15, 0.2) is 6.29 Å². The molecule has 1 rings (SSSR count). The van der Waals surface area contributed by atoms with Gasteiger partial charge in [-0.3, -0.25) is 4.79 Å². The van der Waals surface area contributed by atoms with Crippen LogP contribution in [0.3, 0.4) is 0 Å². The molecule has 10 heteroatoms. The highest BCUT2D eigenvalue weighted by Gasteiger charge is 2.44. The summed E-state index contributed by atoms with van der Waals surface area (Å²) in [5.74, 6) is -0.234. The fourth-order valence-corrected chi connectivity index (χ4v) is 7.96. The first-order valence-corrected chi connectivity index (χ1v) is 24.5. The molecule has 1 heterocycles. The lowest BCUT2D eigenvalue weighted by Gasteiger charge is -2.40. The van der Waals surface area contributed by atoms with E-state index < -0.39 is 55.6 Å². The molecule has 0 spiro atoms. The number of amides is 1. The average molecular weight is 828 g/mol. The van der Waals surface area contributed by atoms with Crippen LogP contribution < -0.4 is 5.32 Å². The van der Waals surface area contributed by atoms with Crippen molar-refractivity contribution >= 4 is 5.91 Å². The molecule has 1 aliphatic rings. The van der Waals surface area contributed by atoms with E-state index in [1.165, 1.54) is 148 Å². The maximum absolute atomic E-state index is 13.0. The molecule has 1 aliphatic heterocycles. The van der Waals surface area contributed by atoms with Gasteiger partial charge in [0.05, 0.1) is 31.5 Å². The molecule has 0 bridgehead atoms. The number of allylic oxidation sites excluding steroid dienone is 2. The highest BCUT2D eigenvalue weighted by atomic mass is 16.7. The molecule has 0 radical (unpaired) electrons. The number of hydrogen-bond donors (Lipinski definition) is 7. The van der Waals surface area contributed by atoms with Gasteiger partial charge in [0.2, 0.25) is 5.91 Å². The van der Waals surface area contributed by atoms with Crippen molar-refractivity contribution in [1.82, 2.24) is 5.32 Å². The Kier molecular flexibility index (Phi) is 36.7. The van der Waals surface area contributed by atoms with E-state index in [1.54, 1.807) is 0 Å². The summed E-state index contributed by atoms with van der Waals surface area (Å²) in [4.78, 5) is 13.0. The van der Waals surface area contributed by atoms with E-state index >= 15 is 0 Å². The van der Waals surface area contributed by atoms with Crippen LogP contribution in [0.25, 0.3) is 0 Å². The summed E-state index contributed by atoms with van der Waals surface area (Å²) >= 11 is 0. The maximum Gasteiger partial charge on any atom is 0.220 e. The minimum Gasteiger partial charge on any atom is -0.394 e. The number of carbonyl (C=O) groups excluding carboxylic acids is 1. The van der Waals surface area contributed by atoms with Crippen LogP contribution in [0, 0.1) is 0 Å². The summed E-state index contributed by atoms with van der Waals surface area (Å²) in [6.45, 7) is 3.66. The fraction of sp³-hybridized carbons (Fsp3) is 0.938. The quantitative estimate of drug-likeness (QED) is 0.0235. The van der Waals surface area contributed by atoms with Crippen LogP contribution in [0.2, 0.25) is 0 Å². The molecule has 0 aromatic heterocycles. The molecular weight excluding hydrogens is 735 g/mol. The van der Waals surface area contributed by atoms with Gasteiger partial charge in [-0.25, -0.2) is 0 Å². The first-order valence-electron chi connectivity index (χ1n) is 24.5. The Hall–Kier alpha value is -1.11. The second kappa shape index (κ2) is 38.8. The lowest BCUT2D eigenvalue weighted by Crippen LogP contribution is -2.60. The minimum atomic E-state index is -1.60. The Balaban J connectivity index is 2.34. The molecule has 1 amide bonds. The largest absolute Gasteiger partial charge is 0.394 e. The number of hydrogen-bond acceptors (Lipinski definition) is 9. The van der Waals surface area contributed by atoms with E-state index in [9.17, 15) is 35.4 Å². The van der Waals surface area contributed by atoms with Crippen LogP contribution in [-0.4, -0.2) is 98.7 Å². The summed E-state index contributed by atoms with van der Waals surface area (Å²) in [5, 5.41) is 65.1. The molecule has 1 fully saturated rings. The van der Waals surface area contributed by atoms with Gasteiger partial charge in [0.25, 0.3) is 0 Å². The maximum atomic E-state index is 13.0. The summed E-state index contributed by atoms with van der Waals surface area (Å²) < 4.78 is 11.2. The van der Waals surface area contributed by atoms with Crippen LogP contribution in [0.5, 0.6) is 0 Å². The van der Waals surface area contributed by atoms with E-state index in [2.05, 4.69) is 31.3 Å². The van der Waals surface area contributed by atoms with Gasteiger partial charge in [-0.2, -0.15) is 0 Å². The molecule has 0 aliphatic carbocycles. The minimum absolute atomic E-state index is 0.0322. The van der Waals surface area contributed by atoms with Crippen molar-refractivity contribution in [3.05, 3.63) is 12.2 Å². The van der Waals surface area contributed by atoms with Crippen molar-refractivity contribution in [2.24, 2.45) is 0 Å². The second-order valence-electron chi connectivity index (χ2n) is 17.4. The van der Waals surface area contributed by atoms with Crippen molar-refractivity contribution in [3.63, 3.8) is 0 Å². The molecular formula is C48H93NO9. The van der Waals surface area contributed by atoms with Crippen LogP contribution in [-0.2, 0) is 14.3 Å². The number of rotatable bonds is 41. The van der Waals surface area contributed by atoms with Crippen molar-refractivity contribution in [2.75, 3.05) is 13.2 Å². The van der Waals surface area contributed by atoms with Crippen molar-refractivity contribution in [3.8, 4) is 0 Å². The third-order valence-corrected chi connectivity index (χ3v) is 11.9. The predicted octanol–water partition coefficient (Wildman–Crippen LogP) is 9.48. The second-order valence-corrected chi connectivity index (χ2v) is 17.4. The molecule has 0 saturated carbocycles. The molecule has 0 aromatic carbocycles. The first-order chi connectivity index (χ1) is 28.2. The number of nitrogens with one attached hydrogen (secondary N) is 1. The molecule has 10 nitrogen and oxygen atoms in total. The van der Waals surface area contributed by atoms with Gasteiger partial charge >= 0.3 is 0 Å². The van der Waals surface area contributed by atoms with E-state index in [-0.39, 0.29) is 18.9 Å². The highest BCUT2D eigenvalue weighted by molar-refractivity contribution is 5.76. The zero-order valence-electron chi connectivity index (χ0n) is 37.4. The summed E-state index contributed by atoms with van der Waals surface area (Å²) in [5.41, 5.74) is 0. The number of carbonyl (C=O) groups is 1. The molecule has 0 unspecified atom stereocenters. The third kappa shape index (κ3) is 29.2. The SMILES string of the molecule is CCCCCCCCCCCCCCCCC/C=C/CCC[C@H](O)C[C@H](O)[C@H](CO[C@@H]1O[C@H](CO)[C@@H](O)[C@H](O)[C@H]1O)NC(=O)CCCCCCCCCCCCCC. The molecule has 0 aromatic rings. The normalized spacial score (nSPS) is 21.4. The zero-order valence-corrected chi connectivity index (χ0v) is 37.4. The Morgan fingerprint density at radius 2 is 1.03 bits per heavy atom. The van der Waals surface area contributed by atoms with Gasteiger partial charge in [-0.1, -0.05) is 187 Å². The first kappa shape index (κ1) is 54.9. The smallest absolute Gasteiger partial charge is 0.220 e. The van der Waals surface area contributed by atoms with Crippen LogP contribution in [0.1, 0.15) is 226 Å². The standard InChI is InChI=1S/C48H93NO9/c1-3-5-7-9-11-13-15-17-18-19-20-21-22-23-24-25-27-29-31-33-35-40(51)37-42(52)41(39-57-48-47(56)46(55)45(54)43(38-50)58-48)49-44(53)36-34-32-30-28-26-16-14-12-10-8-6-4-2/h27,29,40-43,45-48,50-52,54-56H,3-26,28,30-39H2,1-2H3,(H,49,53)/b29-27+/t40-,41-,42-,43+,45+,46-,47+,48+/m0/s1. The Bertz CT molecular complexity index is 937. The lowest BCUT2D eigenvalue weighted by molar-refractivity contribution is -0.302. The van der Waals surface area contributed by atoms with Gasteiger partial charge in [0.1, 0.15) is 24.4 Å².